The minimum atomic E-state index is -0.571. The van der Waals surface area contributed by atoms with Crippen LogP contribution in [-0.4, -0.2) is 18.6 Å². The van der Waals surface area contributed by atoms with Crippen molar-refractivity contribution in [1.29, 1.82) is 0 Å². The number of benzene rings is 2. The lowest BCUT2D eigenvalue weighted by Gasteiger charge is -2.18. The number of anilines is 1. The van der Waals surface area contributed by atoms with Gasteiger partial charge in [-0.05, 0) is 30.7 Å². The van der Waals surface area contributed by atoms with Crippen LogP contribution in [-0.2, 0) is 9.53 Å². The molecule has 0 spiro atoms. The Balaban J connectivity index is 2.08. The second-order valence-electron chi connectivity index (χ2n) is 5.21. The van der Waals surface area contributed by atoms with Crippen LogP contribution in [0.1, 0.15) is 24.9 Å². The zero-order valence-corrected chi connectivity index (χ0v) is 15.1. The summed E-state index contributed by atoms with van der Waals surface area (Å²) in [5, 5.41) is 6.20. The number of rotatable bonds is 6. The number of nitrogens with one attached hydrogen (secondary N) is 2. The molecule has 0 aliphatic heterocycles. The third-order valence-electron chi connectivity index (χ3n) is 3.36. The van der Waals surface area contributed by atoms with Gasteiger partial charge in [0.05, 0.1) is 29.1 Å². The van der Waals surface area contributed by atoms with E-state index < -0.39 is 12.1 Å². The van der Waals surface area contributed by atoms with Gasteiger partial charge in [0.2, 0.25) is 5.91 Å². The average molecular weight is 381 g/mol. The number of alkyl carbamates (subject to hydrolysis) is 1. The third kappa shape index (κ3) is 5.96. The highest BCUT2D eigenvalue weighted by Gasteiger charge is 2.19. The molecule has 0 saturated heterocycles. The summed E-state index contributed by atoms with van der Waals surface area (Å²) in [6.45, 7) is 1.97. The molecule has 2 amide bonds. The lowest BCUT2D eigenvalue weighted by Crippen LogP contribution is -2.32. The molecule has 0 radical (unpaired) electrons. The number of hydrogen-bond acceptors (Lipinski definition) is 3. The molecule has 7 heteroatoms. The van der Waals surface area contributed by atoms with Gasteiger partial charge in [-0.25, -0.2) is 4.79 Å². The van der Waals surface area contributed by atoms with Gasteiger partial charge in [0, 0.05) is 5.69 Å². The maximum Gasteiger partial charge on any atom is 0.407 e. The van der Waals surface area contributed by atoms with E-state index in [0.717, 1.165) is 5.56 Å². The maximum absolute atomic E-state index is 12.4. The molecule has 0 fully saturated rings. The number of halogens is 2. The quantitative estimate of drug-likeness (QED) is 0.755. The molecule has 0 heterocycles. The summed E-state index contributed by atoms with van der Waals surface area (Å²) in [7, 11) is 0. The van der Waals surface area contributed by atoms with Gasteiger partial charge >= 0.3 is 6.09 Å². The minimum Gasteiger partial charge on any atom is -0.450 e. The van der Waals surface area contributed by atoms with Crippen LogP contribution in [0.15, 0.2) is 48.5 Å². The van der Waals surface area contributed by atoms with E-state index in [0.29, 0.717) is 15.7 Å². The Labute approximate surface area is 156 Å². The fourth-order valence-corrected chi connectivity index (χ4v) is 2.52. The van der Waals surface area contributed by atoms with Crippen molar-refractivity contribution in [3.05, 3.63) is 64.1 Å². The van der Waals surface area contributed by atoms with Gasteiger partial charge in [-0.3, -0.25) is 4.79 Å². The Hall–Kier alpha value is -2.24. The molecule has 2 aromatic carbocycles. The van der Waals surface area contributed by atoms with Crippen molar-refractivity contribution in [3.8, 4) is 0 Å². The number of carbonyl (C=O) groups excluding carboxylic acids is 2. The van der Waals surface area contributed by atoms with E-state index in [1.165, 1.54) is 0 Å². The summed E-state index contributed by atoms with van der Waals surface area (Å²) in [6, 6.07) is 13.5. The number of ether oxygens (including phenoxy) is 1. The Morgan fingerprint density at radius 3 is 2.44 bits per heavy atom. The Bertz CT molecular complexity index is 738. The smallest absolute Gasteiger partial charge is 0.407 e. The van der Waals surface area contributed by atoms with Crippen LogP contribution < -0.4 is 10.6 Å². The van der Waals surface area contributed by atoms with E-state index in [1.54, 1.807) is 25.1 Å². The highest BCUT2D eigenvalue weighted by atomic mass is 35.5. The summed E-state index contributed by atoms with van der Waals surface area (Å²) in [4.78, 5) is 24.1. The lowest BCUT2D eigenvalue weighted by atomic mass is 10.0. The van der Waals surface area contributed by atoms with Crippen LogP contribution in [0.2, 0.25) is 10.0 Å². The predicted octanol–water partition coefficient (Wildman–Crippen LogP) is 4.81. The van der Waals surface area contributed by atoms with Crippen LogP contribution in [0.4, 0.5) is 10.5 Å². The van der Waals surface area contributed by atoms with Gasteiger partial charge in [-0.1, -0.05) is 53.5 Å². The monoisotopic (exact) mass is 380 g/mol. The zero-order valence-electron chi connectivity index (χ0n) is 13.6. The van der Waals surface area contributed by atoms with Crippen molar-refractivity contribution >= 4 is 40.9 Å². The third-order valence-corrected chi connectivity index (χ3v) is 4.10. The summed E-state index contributed by atoms with van der Waals surface area (Å²) in [5.41, 5.74) is 1.34. The van der Waals surface area contributed by atoms with Crippen LogP contribution >= 0.6 is 23.2 Å². The predicted molar refractivity (Wildman–Crippen MR) is 99.0 cm³/mol. The van der Waals surface area contributed by atoms with E-state index in [1.807, 2.05) is 30.3 Å². The van der Waals surface area contributed by atoms with Crippen molar-refractivity contribution in [2.45, 2.75) is 19.4 Å². The molecule has 2 N–H and O–H groups in total. The van der Waals surface area contributed by atoms with Crippen molar-refractivity contribution in [2.24, 2.45) is 0 Å². The molecule has 2 aromatic rings. The Morgan fingerprint density at radius 2 is 1.80 bits per heavy atom. The normalized spacial score (nSPS) is 11.5. The molecule has 0 aliphatic carbocycles. The minimum absolute atomic E-state index is 0.0447. The van der Waals surface area contributed by atoms with Crippen molar-refractivity contribution in [3.63, 3.8) is 0 Å². The highest BCUT2D eigenvalue weighted by Crippen LogP contribution is 2.25. The van der Waals surface area contributed by atoms with Gasteiger partial charge in [0.1, 0.15) is 0 Å². The van der Waals surface area contributed by atoms with Crippen LogP contribution in [0.5, 0.6) is 0 Å². The molecule has 132 valence electrons. The average Bonchev–Trinajstić information content (AvgIpc) is 2.58. The van der Waals surface area contributed by atoms with Gasteiger partial charge in [0.15, 0.2) is 0 Å². The van der Waals surface area contributed by atoms with E-state index in [4.69, 9.17) is 27.9 Å². The SMILES string of the molecule is CCOC(=O)N[C@@H](CC(=O)Nc1ccc(Cl)c(Cl)c1)c1ccccc1. The fraction of sp³-hybridized carbons (Fsp3) is 0.222. The first-order chi connectivity index (χ1) is 12.0. The van der Waals surface area contributed by atoms with Crippen LogP contribution in [0.25, 0.3) is 0 Å². The molecule has 0 aromatic heterocycles. The van der Waals surface area contributed by atoms with Crippen molar-refractivity contribution in [1.82, 2.24) is 5.32 Å². The van der Waals surface area contributed by atoms with Crippen LogP contribution in [0.3, 0.4) is 0 Å². The Morgan fingerprint density at radius 1 is 1.08 bits per heavy atom. The number of carbonyl (C=O) groups is 2. The van der Waals surface area contributed by atoms with E-state index in [9.17, 15) is 9.59 Å². The van der Waals surface area contributed by atoms with Gasteiger partial charge in [-0.15, -0.1) is 0 Å². The summed E-state index contributed by atoms with van der Waals surface area (Å²) < 4.78 is 4.91. The Kier molecular flexibility index (Phi) is 7.10. The van der Waals surface area contributed by atoms with Gasteiger partial charge in [-0.2, -0.15) is 0 Å². The van der Waals surface area contributed by atoms with Crippen LogP contribution in [0, 0.1) is 0 Å². The molecule has 1 atom stereocenters. The molecule has 0 saturated carbocycles. The first-order valence-corrected chi connectivity index (χ1v) is 8.48. The number of hydrogen-bond donors (Lipinski definition) is 2. The topological polar surface area (TPSA) is 67.4 Å². The molecule has 0 unspecified atom stereocenters. The first-order valence-electron chi connectivity index (χ1n) is 7.72. The van der Waals surface area contributed by atoms with Crippen molar-refractivity contribution in [2.75, 3.05) is 11.9 Å². The molecular weight excluding hydrogens is 363 g/mol. The molecule has 0 bridgehead atoms. The largest absolute Gasteiger partial charge is 0.450 e. The molecule has 0 aliphatic rings. The number of amides is 2. The zero-order chi connectivity index (χ0) is 18.2. The maximum atomic E-state index is 12.4. The lowest BCUT2D eigenvalue weighted by molar-refractivity contribution is -0.116. The molecule has 5 nitrogen and oxygen atoms in total. The van der Waals surface area contributed by atoms with Gasteiger partial charge < -0.3 is 15.4 Å². The molecular formula is C18H18Cl2N2O3. The highest BCUT2D eigenvalue weighted by molar-refractivity contribution is 6.42. The van der Waals surface area contributed by atoms with E-state index in [2.05, 4.69) is 10.6 Å². The standard InChI is InChI=1S/C18H18Cl2N2O3/c1-2-25-18(24)22-16(12-6-4-3-5-7-12)11-17(23)21-13-8-9-14(19)15(20)10-13/h3-10,16H,2,11H2,1H3,(H,21,23)(H,22,24)/t16-/m0/s1. The second-order valence-corrected chi connectivity index (χ2v) is 6.02. The van der Waals surface area contributed by atoms with E-state index >= 15 is 0 Å². The molecule has 2 rings (SSSR count). The fourth-order valence-electron chi connectivity index (χ4n) is 2.22. The van der Waals surface area contributed by atoms with Crippen molar-refractivity contribution < 1.29 is 14.3 Å². The molecule has 25 heavy (non-hydrogen) atoms. The summed E-state index contributed by atoms with van der Waals surface area (Å²) in [5.74, 6) is -0.274. The summed E-state index contributed by atoms with van der Waals surface area (Å²) >= 11 is 11.8. The second kappa shape index (κ2) is 9.30. The van der Waals surface area contributed by atoms with Gasteiger partial charge in [0.25, 0.3) is 0 Å². The first kappa shape index (κ1) is 19.1. The van der Waals surface area contributed by atoms with E-state index in [-0.39, 0.29) is 18.9 Å². The summed E-state index contributed by atoms with van der Waals surface area (Å²) in [6.07, 6.45) is -0.526.